The molecule has 0 spiro atoms. The molecule has 3 heterocycles. The predicted molar refractivity (Wildman–Crippen MR) is 101 cm³/mol. The zero-order chi connectivity index (χ0) is 20.4. The number of hydrogen-bond donors (Lipinski definition) is 3. The first kappa shape index (κ1) is 19.2. The van der Waals surface area contributed by atoms with Crippen molar-refractivity contribution in [1.82, 2.24) is 20.6 Å². The number of aromatic amines is 1. The van der Waals surface area contributed by atoms with Crippen molar-refractivity contribution in [3.63, 3.8) is 0 Å². The maximum absolute atomic E-state index is 13.8. The van der Waals surface area contributed by atoms with Crippen LogP contribution in [0.15, 0.2) is 17.1 Å². The van der Waals surface area contributed by atoms with E-state index in [2.05, 4.69) is 20.6 Å². The van der Waals surface area contributed by atoms with Crippen molar-refractivity contribution in [2.75, 3.05) is 0 Å². The molecule has 9 heteroatoms. The van der Waals surface area contributed by atoms with Gasteiger partial charge in [-0.15, -0.1) is 0 Å². The van der Waals surface area contributed by atoms with E-state index in [1.165, 1.54) is 13.5 Å². The second-order valence-electron chi connectivity index (χ2n) is 6.30. The van der Waals surface area contributed by atoms with Gasteiger partial charge in [0.15, 0.2) is 0 Å². The lowest BCUT2D eigenvalue weighted by molar-refractivity contribution is -0.121. The van der Waals surface area contributed by atoms with Crippen LogP contribution in [0.25, 0.3) is 11.8 Å². The molecule has 2 aromatic heterocycles. The summed E-state index contributed by atoms with van der Waals surface area (Å²) in [4.78, 5) is 31.1. The first-order valence-electron chi connectivity index (χ1n) is 8.38. The summed E-state index contributed by atoms with van der Waals surface area (Å²) in [5.74, 6) is -2.23. The summed E-state index contributed by atoms with van der Waals surface area (Å²) in [6.07, 6.45) is 2.21. The number of nitriles is 1. The number of halogens is 2. The Kier molecular flexibility index (Phi) is 5.22. The van der Waals surface area contributed by atoms with E-state index >= 15 is 0 Å². The van der Waals surface area contributed by atoms with Crippen molar-refractivity contribution >= 4 is 17.7 Å². The number of hydrogen-bond acceptors (Lipinski definition) is 5. The highest BCUT2D eigenvalue weighted by atomic mass is 19.1. The summed E-state index contributed by atoms with van der Waals surface area (Å²) in [5.41, 5.74) is 0.398. The van der Waals surface area contributed by atoms with E-state index < -0.39 is 29.1 Å². The number of carbonyl (C=O) groups is 1. The molecular weight excluding hydrogens is 368 g/mol. The summed E-state index contributed by atoms with van der Waals surface area (Å²) in [6.45, 7) is 4.69. The quantitative estimate of drug-likeness (QED) is 0.704. The van der Waals surface area contributed by atoms with Gasteiger partial charge in [-0.1, -0.05) is 0 Å². The normalized spacial score (nSPS) is 13.6. The van der Waals surface area contributed by atoms with Crippen LogP contribution in [0.2, 0.25) is 0 Å². The average Bonchev–Trinajstić information content (AvgIpc) is 2.64. The highest BCUT2D eigenvalue weighted by molar-refractivity contribution is 5.79. The van der Waals surface area contributed by atoms with Gasteiger partial charge < -0.3 is 15.6 Å². The number of H-pyrrole nitrogens is 1. The minimum absolute atomic E-state index is 0. The van der Waals surface area contributed by atoms with Gasteiger partial charge in [-0.3, -0.25) is 14.6 Å². The van der Waals surface area contributed by atoms with Crippen LogP contribution in [0.1, 0.15) is 32.6 Å². The summed E-state index contributed by atoms with van der Waals surface area (Å²) < 4.78 is 26.8. The molecule has 0 saturated heterocycles. The molecule has 0 aliphatic carbocycles. The Morgan fingerprint density at radius 3 is 2.89 bits per heavy atom. The molecule has 147 valence electrons. The zero-order valence-electron chi connectivity index (χ0n) is 15.1. The molecule has 28 heavy (non-hydrogen) atoms. The predicted octanol–water partition coefficient (Wildman–Crippen LogP) is 0.446. The fourth-order valence-electron chi connectivity index (χ4n) is 3.08. The first-order valence-corrected chi connectivity index (χ1v) is 8.38. The molecule has 1 atom stereocenters. The minimum Gasteiger partial charge on any atom is -0.367 e. The molecule has 3 N–H and O–H groups in total. The van der Waals surface area contributed by atoms with Gasteiger partial charge in [0.2, 0.25) is 5.91 Å². The molecule has 1 aliphatic rings. The topological polar surface area (TPSA) is 111 Å². The van der Waals surface area contributed by atoms with Crippen LogP contribution in [0.4, 0.5) is 8.78 Å². The number of fused-ring (bicyclic) bond motifs is 1. The molecule has 2 aromatic rings. The van der Waals surface area contributed by atoms with Crippen LogP contribution in [0, 0.1) is 36.4 Å². The molecular formula is C19H20F2N5O2. The van der Waals surface area contributed by atoms with Gasteiger partial charge in [0.25, 0.3) is 5.56 Å². The Labute approximate surface area is 161 Å². The number of nitrogens with one attached hydrogen (secondary N) is 3. The average molecular weight is 388 g/mol. The number of nitrogens with zero attached hydrogens (tertiary/aromatic N) is 2. The monoisotopic (exact) mass is 388 g/mol. The number of pyridine rings is 2. The molecule has 3 rings (SSSR count). The number of rotatable bonds is 4. The highest BCUT2D eigenvalue weighted by Gasteiger charge is 2.19. The van der Waals surface area contributed by atoms with Gasteiger partial charge in [-0.25, -0.2) is 8.78 Å². The van der Waals surface area contributed by atoms with Crippen molar-refractivity contribution in [3.8, 4) is 6.07 Å². The Morgan fingerprint density at radius 2 is 2.21 bits per heavy atom. The smallest absolute Gasteiger partial charge is 0.252 e. The van der Waals surface area contributed by atoms with Crippen LogP contribution in [0.3, 0.4) is 0 Å². The maximum Gasteiger partial charge on any atom is 0.252 e. The maximum atomic E-state index is 13.8. The van der Waals surface area contributed by atoms with E-state index in [1.54, 1.807) is 13.0 Å². The molecule has 0 saturated carbocycles. The van der Waals surface area contributed by atoms with Crippen molar-refractivity contribution in [2.24, 2.45) is 0 Å². The van der Waals surface area contributed by atoms with E-state index in [-0.39, 0.29) is 26.2 Å². The lowest BCUT2D eigenvalue weighted by Crippen LogP contribution is -2.45. The lowest BCUT2D eigenvalue weighted by atomic mass is 10.0. The van der Waals surface area contributed by atoms with Crippen LogP contribution in [-0.2, 0) is 11.2 Å². The van der Waals surface area contributed by atoms with E-state index in [0.717, 1.165) is 6.20 Å². The van der Waals surface area contributed by atoms with Crippen LogP contribution in [0.5, 0.6) is 0 Å². The van der Waals surface area contributed by atoms with Gasteiger partial charge in [0.1, 0.15) is 23.4 Å². The Morgan fingerprint density at radius 1 is 1.46 bits per heavy atom. The standard InChI is InChI=1S/C19H16F2N5O2.2H2/c1-9-12(19(28)26-14-3-4-23-15(7-22)17(9)14)6-16(27)25-10(2)18-13(21)5-11(20)8-24-18;;/h3-5,8,10,23H,6H2,1-2H3,(H,25,27)(H,26,28);2*1H/t10-;;/m0../s1. The van der Waals surface area contributed by atoms with Crippen LogP contribution >= 0.6 is 0 Å². The van der Waals surface area contributed by atoms with E-state index in [9.17, 15) is 23.6 Å². The molecule has 1 amide bonds. The SMILES string of the molecule is Cc1c(CC(=O)N[C@@H](C)c2ncc(F)cc2F)c(=O)[nH]c2c1=C(C#N)N[CH]C=2.[HH].[HH]. The molecule has 0 fully saturated rings. The fraction of sp³-hybridized carbons (Fsp3) is 0.211. The fourth-order valence-corrected chi connectivity index (χ4v) is 3.08. The molecule has 0 aromatic carbocycles. The van der Waals surface area contributed by atoms with Crippen molar-refractivity contribution in [1.29, 1.82) is 5.26 Å². The largest absolute Gasteiger partial charge is 0.367 e. The van der Waals surface area contributed by atoms with E-state index in [4.69, 9.17) is 0 Å². The Balaban J connectivity index is 0.00000225. The van der Waals surface area contributed by atoms with Crippen molar-refractivity contribution in [2.45, 2.75) is 26.3 Å². The summed E-state index contributed by atoms with van der Waals surface area (Å²) >= 11 is 0. The molecule has 0 unspecified atom stereocenters. The van der Waals surface area contributed by atoms with E-state index in [0.29, 0.717) is 22.2 Å². The number of carbonyl (C=O) groups excluding carboxylic acids is 1. The minimum atomic E-state index is -0.873. The van der Waals surface area contributed by atoms with Gasteiger partial charge in [-0.05, 0) is 25.5 Å². The third-order valence-electron chi connectivity index (χ3n) is 4.42. The summed E-state index contributed by atoms with van der Waals surface area (Å²) in [7, 11) is 0. The van der Waals surface area contributed by atoms with Crippen molar-refractivity contribution < 1.29 is 16.4 Å². The van der Waals surface area contributed by atoms with Crippen LogP contribution < -0.4 is 26.8 Å². The Bertz CT molecular complexity index is 1190. The molecule has 1 aliphatic heterocycles. The van der Waals surface area contributed by atoms with E-state index in [1.807, 2.05) is 6.07 Å². The zero-order valence-corrected chi connectivity index (χ0v) is 15.1. The molecule has 0 bridgehead atoms. The first-order chi connectivity index (χ1) is 13.3. The number of amides is 1. The summed E-state index contributed by atoms with van der Waals surface area (Å²) in [6, 6.07) is 1.88. The van der Waals surface area contributed by atoms with Gasteiger partial charge in [0.05, 0.1) is 30.9 Å². The molecule has 1 radical (unpaired) electrons. The second-order valence-corrected chi connectivity index (χ2v) is 6.30. The van der Waals surface area contributed by atoms with Gasteiger partial charge in [0, 0.05) is 25.1 Å². The second kappa shape index (κ2) is 7.60. The van der Waals surface area contributed by atoms with Gasteiger partial charge >= 0.3 is 0 Å². The lowest BCUT2D eigenvalue weighted by Gasteiger charge is -2.15. The third-order valence-corrected chi connectivity index (χ3v) is 4.42. The third kappa shape index (κ3) is 3.62. The molecule has 7 nitrogen and oxygen atoms in total. The van der Waals surface area contributed by atoms with Gasteiger partial charge in [-0.2, -0.15) is 5.26 Å². The number of aromatic nitrogens is 2. The highest BCUT2D eigenvalue weighted by Crippen LogP contribution is 2.14. The Hall–Kier alpha value is -3.54. The summed E-state index contributed by atoms with van der Waals surface area (Å²) in [5, 5.41) is 15.6. The van der Waals surface area contributed by atoms with Crippen LogP contribution in [-0.4, -0.2) is 15.9 Å². The van der Waals surface area contributed by atoms with Crippen molar-refractivity contribution in [3.05, 3.63) is 68.2 Å².